The van der Waals surface area contributed by atoms with Crippen LogP contribution in [0.1, 0.15) is 17.4 Å². The zero-order valence-corrected chi connectivity index (χ0v) is 16.0. The molecule has 1 aliphatic rings. The van der Waals surface area contributed by atoms with Crippen LogP contribution in [0.25, 0.3) is 23.0 Å². The lowest BCUT2D eigenvalue weighted by Crippen LogP contribution is -2.22. The average molecular weight is 442 g/mol. The van der Waals surface area contributed by atoms with E-state index in [1.54, 1.807) is 16.8 Å². The number of aromatic nitrogens is 5. The fraction of sp³-hybridized carbons (Fsp3) is 0.158. The lowest BCUT2D eigenvalue weighted by molar-refractivity contribution is -0.00120. The van der Waals surface area contributed by atoms with Crippen molar-refractivity contribution in [1.82, 2.24) is 25.1 Å². The molecule has 0 radical (unpaired) electrons. The molecular weight excluding hydrogens is 429 g/mol. The van der Waals surface area contributed by atoms with Gasteiger partial charge >= 0.3 is 0 Å². The van der Waals surface area contributed by atoms with Gasteiger partial charge in [-0.05, 0) is 29.8 Å². The molecule has 2 aromatic carbocycles. The maximum absolute atomic E-state index is 13.1. The van der Waals surface area contributed by atoms with E-state index in [9.17, 15) is 4.39 Å². The summed E-state index contributed by atoms with van der Waals surface area (Å²) in [5.41, 5.74) is 2.99. The van der Waals surface area contributed by atoms with Crippen LogP contribution in [0.15, 0.2) is 57.5 Å². The Balaban J connectivity index is 1.42. The van der Waals surface area contributed by atoms with E-state index in [1.165, 1.54) is 12.1 Å². The molecule has 0 saturated heterocycles. The first-order chi connectivity index (χ1) is 13.7. The summed E-state index contributed by atoms with van der Waals surface area (Å²) in [5.74, 6) is 0.486. The van der Waals surface area contributed by atoms with Gasteiger partial charge in [-0.1, -0.05) is 50.6 Å². The number of benzene rings is 2. The third kappa shape index (κ3) is 3.12. The van der Waals surface area contributed by atoms with E-state index >= 15 is 0 Å². The molecule has 28 heavy (non-hydrogen) atoms. The Morgan fingerprint density at radius 2 is 2.00 bits per heavy atom. The first kappa shape index (κ1) is 17.2. The lowest BCUT2D eigenvalue weighted by Gasteiger charge is -2.24. The molecule has 0 aliphatic carbocycles. The zero-order valence-electron chi connectivity index (χ0n) is 14.4. The molecule has 5 rings (SSSR count). The summed E-state index contributed by atoms with van der Waals surface area (Å²) >= 11 is 3.43. The highest BCUT2D eigenvalue weighted by atomic mass is 79.9. The Morgan fingerprint density at radius 3 is 2.82 bits per heavy atom. The number of hydrogen-bond donors (Lipinski definition) is 0. The van der Waals surface area contributed by atoms with E-state index in [0.29, 0.717) is 30.6 Å². The highest BCUT2D eigenvalue weighted by Crippen LogP contribution is 2.31. The molecule has 140 valence electrons. The summed E-state index contributed by atoms with van der Waals surface area (Å²) in [7, 11) is 0. The summed E-state index contributed by atoms with van der Waals surface area (Å²) in [5, 5.41) is 12.4. The van der Waals surface area contributed by atoms with E-state index in [0.717, 1.165) is 21.3 Å². The Morgan fingerprint density at radius 1 is 1.14 bits per heavy atom. The van der Waals surface area contributed by atoms with E-state index in [2.05, 4.69) is 36.4 Å². The number of fused-ring (bicyclic) bond motifs is 1. The van der Waals surface area contributed by atoms with Crippen LogP contribution in [0.4, 0.5) is 4.39 Å². The second-order valence-corrected chi connectivity index (χ2v) is 7.27. The summed E-state index contributed by atoms with van der Waals surface area (Å²) in [6, 6.07) is 13.9. The Bertz CT molecular complexity index is 1140. The quantitative estimate of drug-likeness (QED) is 0.474. The van der Waals surface area contributed by atoms with Crippen LogP contribution in [0.3, 0.4) is 0 Å². The van der Waals surface area contributed by atoms with Gasteiger partial charge in [0.25, 0.3) is 5.89 Å². The van der Waals surface area contributed by atoms with Crippen molar-refractivity contribution in [3.8, 4) is 23.0 Å². The fourth-order valence-electron chi connectivity index (χ4n) is 3.12. The third-order valence-corrected chi connectivity index (χ3v) is 5.04. The predicted molar refractivity (Wildman–Crippen MR) is 100 cm³/mol. The van der Waals surface area contributed by atoms with E-state index in [4.69, 9.17) is 9.26 Å². The lowest BCUT2D eigenvalue weighted by atomic mass is 10.1. The largest absolute Gasteiger partial charge is 0.365 e. The Kier molecular flexibility index (Phi) is 4.25. The van der Waals surface area contributed by atoms with Crippen molar-refractivity contribution >= 4 is 15.9 Å². The number of rotatable bonds is 3. The highest BCUT2D eigenvalue weighted by Gasteiger charge is 2.28. The molecule has 0 amide bonds. The smallest absolute Gasteiger partial charge is 0.280 e. The van der Waals surface area contributed by atoms with Crippen molar-refractivity contribution in [2.45, 2.75) is 19.3 Å². The van der Waals surface area contributed by atoms with Crippen molar-refractivity contribution in [1.29, 1.82) is 0 Å². The Labute approximate surface area is 167 Å². The standard InChI is InChI=1S/C19H13BrFN5O2/c20-13-3-1-2-12(8-13)18-22-19(28-24-18)17-15-10-27-16(9-26(15)25-23-17)11-4-6-14(21)7-5-11/h1-8,16H,9-10H2. The molecule has 0 spiro atoms. The van der Waals surface area contributed by atoms with Crippen LogP contribution in [-0.4, -0.2) is 25.1 Å². The molecule has 4 aromatic rings. The minimum Gasteiger partial charge on any atom is -0.365 e. The van der Waals surface area contributed by atoms with Gasteiger partial charge < -0.3 is 9.26 Å². The second kappa shape index (κ2) is 6.92. The summed E-state index contributed by atoms with van der Waals surface area (Å²) < 4.78 is 27.2. The fourth-order valence-corrected chi connectivity index (χ4v) is 3.52. The van der Waals surface area contributed by atoms with Gasteiger partial charge in [-0.15, -0.1) is 5.10 Å². The molecule has 0 bridgehead atoms. The van der Waals surface area contributed by atoms with Crippen LogP contribution < -0.4 is 0 Å². The van der Waals surface area contributed by atoms with Crippen molar-refractivity contribution in [2.75, 3.05) is 0 Å². The normalized spacial score (nSPS) is 16.1. The molecule has 1 aliphatic heterocycles. The molecular formula is C19H13BrFN5O2. The third-order valence-electron chi connectivity index (χ3n) is 4.55. The van der Waals surface area contributed by atoms with Gasteiger partial charge in [0.1, 0.15) is 11.9 Å². The first-order valence-electron chi connectivity index (χ1n) is 8.57. The SMILES string of the molecule is Fc1ccc(C2Cn3nnc(-c4nc(-c5cccc(Br)c5)no4)c3CO2)cc1. The van der Waals surface area contributed by atoms with Crippen molar-refractivity contribution in [2.24, 2.45) is 0 Å². The maximum atomic E-state index is 13.1. The highest BCUT2D eigenvalue weighted by molar-refractivity contribution is 9.10. The molecule has 3 heterocycles. The van der Waals surface area contributed by atoms with Gasteiger partial charge in [-0.3, -0.25) is 0 Å². The van der Waals surface area contributed by atoms with Gasteiger partial charge in [-0.25, -0.2) is 9.07 Å². The summed E-state index contributed by atoms with van der Waals surface area (Å²) in [6.07, 6.45) is -0.220. The number of nitrogens with zero attached hydrogens (tertiary/aromatic N) is 5. The maximum Gasteiger partial charge on any atom is 0.280 e. The van der Waals surface area contributed by atoms with Crippen LogP contribution in [-0.2, 0) is 17.9 Å². The van der Waals surface area contributed by atoms with Gasteiger partial charge in [0.15, 0.2) is 5.69 Å². The topological polar surface area (TPSA) is 78.9 Å². The van der Waals surface area contributed by atoms with Crippen LogP contribution in [0.2, 0.25) is 0 Å². The monoisotopic (exact) mass is 441 g/mol. The van der Waals surface area contributed by atoms with E-state index in [1.807, 2.05) is 24.3 Å². The zero-order chi connectivity index (χ0) is 19.1. The number of halogens is 2. The predicted octanol–water partition coefficient (Wildman–Crippen LogP) is 4.17. The number of ether oxygens (including phenoxy) is 1. The molecule has 7 nitrogen and oxygen atoms in total. The van der Waals surface area contributed by atoms with Gasteiger partial charge in [0.05, 0.1) is 18.8 Å². The van der Waals surface area contributed by atoms with Crippen molar-refractivity contribution < 1.29 is 13.7 Å². The minimum atomic E-state index is -0.277. The van der Waals surface area contributed by atoms with E-state index in [-0.39, 0.29) is 11.9 Å². The second-order valence-electron chi connectivity index (χ2n) is 6.35. The van der Waals surface area contributed by atoms with E-state index < -0.39 is 0 Å². The molecule has 9 heteroatoms. The first-order valence-corrected chi connectivity index (χ1v) is 9.36. The number of hydrogen-bond acceptors (Lipinski definition) is 6. The molecule has 0 N–H and O–H groups in total. The molecule has 1 unspecified atom stereocenters. The van der Waals surface area contributed by atoms with Crippen LogP contribution in [0, 0.1) is 5.82 Å². The summed E-state index contributed by atoms with van der Waals surface area (Å²) in [6.45, 7) is 0.763. The van der Waals surface area contributed by atoms with Crippen molar-refractivity contribution in [3.05, 3.63) is 70.1 Å². The summed E-state index contributed by atoms with van der Waals surface area (Å²) in [4.78, 5) is 4.45. The van der Waals surface area contributed by atoms with Crippen LogP contribution >= 0.6 is 15.9 Å². The molecule has 2 aromatic heterocycles. The van der Waals surface area contributed by atoms with Gasteiger partial charge in [-0.2, -0.15) is 4.98 Å². The molecule has 1 atom stereocenters. The minimum absolute atomic E-state index is 0.220. The van der Waals surface area contributed by atoms with Crippen molar-refractivity contribution in [3.63, 3.8) is 0 Å². The van der Waals surface area contributed by atoms with Crippen LogP contribution in [0.5, 0.6) is 0 Å². The average Bonchev–Trinajstić information content (AvgIpc) is 3.35. The Hall–Kier alpha value is -2.91. The molecule has 0 saturated carbocycles. The molecule has 0 fully saturated rings. The van der Waals surface area contributed by atoms with Gasteiger partial charge in [0.2, 0.25) is 5.82 Å². The van der Waals surface area contributed by atoms with Gasteiger partial charge in [0, 0.05) is 10.0 Å².